The zero-order chi connectivity index (χ0) is 14.6. The molecule has 1 aromatic rings. The smallest absolute Gasteiger partial charge is 0.0900 e. The Hall–Kier alpha value is -0.410. The largest absolute Gasteiger partial charge is 0.309 e. The van der Waals surface area contributed by atoms with Gasteiger partial charge in [0.15, 0.2) is 0 Å². The predicted octanol–water partition coefficient (Wildman–Crippen LogP) is 4.45. The Kier molecular flexibility index (Phi) is 3.42. The monoisotopic (exact) mass is 304 g/mol. The van der Waals surface area contributed by atoms with E-state index in [9.17, 15) is 0 Å². The fourth-order valence-corrected chi connectivity index (χ4v) is 6.80. The van der Waals surface area contributed by atoms with Crippen LogP contribution in [0.4, 0.5) is 0 Å². The van der Waals surface area contributed by atoms with Gasteiger partial charge in [0, 0.05) is 17.5 Å². The van der Waals surface area contributed by atoms with Crippen molar-refractivity contribution in [3.8, 4) is 0 Å². The third kappa shape index (κ3) is 2.46. The van der Waals surface area contributed by atoms with E-state index >= 15 is 0 Å². The summed E-state index contributed by atoms with van der Waals surface area (Å²) < 4.78 is 0. The van der Waals surface area contributed by atoms with Gasteiger partial charge in [-0.05, 0) is 82.5 Å². The van der Waals surface area contributed by atoms with E-state index in [0.717, 1.165) is 24.3 Å². The molecule has 0 amide bonds. The van der Waals surface area contributed by atoms with Gasteiger partial charge in [-0.15, -0.1) is 11.3 Å². The fraction of sp³-hybridized carbons (Fsp3) is 0.833. The first kappa shape index (κ1) is 14.2. The van der Waals surface area contributed by atoms with Crippen molar-refractivity contribution in [2.45, 2.75) is 71.9 Å². The second-order valence-corrected chi connectivity index (χ2v) is 9.41. The maximum absolute atomic E-state index is 4.56. The van der Waals surface area contributed by atoms with Gasteiger partial charge in [-0.25, -0.2) is 4.98 Å². The highest BCUT2D eigenvalue weighted by atomic mass is 32.1. The Labute approximate surface area is 132 Å². The van der Waals surface area contributed by atoms with Gasteiger partial charge in [0.2, 0.25) is 0 Å². The zero-order valence-corrected chi connectivity index (χ0v) is 14.4. The molecule has 0 aliphatic heterocycles. The van der Waals surface area contributed by atoms with E-state index in [4.69, 9.17) is 0 Å². The Morgan fingerprint density at radius 2 is 1.71 bits per heavy atom. The number of aromatic nitrogens is 1. The van der Waals surface area contributed by atoms with Gasteiger partial charge < -0.3 is 5.32 Å². The number of thiazole rings is 1. The van der Waals surface area contributed by atoms with Crippen LogP contribution in [0.15, 0.2) is 0 Å². The summed E-state index contributed by atoms with van der Waals surface area (Å²) >= 11 is 1.86. The van der Waals surface area contributed by atoms with E-state index in [2.05, 4.69) is 31.1 Å². The molecule has 0 saturated heterocycles. The first-order valence-corrected chi connectivity index (χ1v) is 9.52. The van der Waals surface area contributed by atoms with Gasteiger partial charge in [0.05, 0.1) is 10.7 Å². The van der Waals surface area contributed by atoms with Crippen molar-refractivity contribution in [3.05, 3.63) is 15.6 Å². The van der Waals surface area contributed by atoms with E-state index in [1.807, 2.05) is 11.3 Å². The topological polar surface area (TPSA) is 24.9 Å². The second-order valence-electron chi connectivity index (χ2n) is 8.12. The SMILES string of the molecule is Cc1nc(C)c(CNC(C)C23CC4CC(CC(C4)C2)C3)s1. The summed E-state index contributed by atoms with van der Waals surface area (Å²) in [6.07, 6.45) is 9.10. The van der Waals surface area contributed by atoms with Gasteiger partial charge in [0.1, 0.15) is 0 Å². The molecule has 1 atom stereocenters. The third-order valence-electron chi connectivity index (χ3n) is 6.57. The molecule has 2 nitrogen and oxygen atoms in total. The third-order valence-corrected chi connectivity index (χ3v) is 7.65. The minimum atomic E-state index is 0.613. The molecule has 1 heterocycles. The summed E-state index contributed by atoms with van der Waals surface area (Å²) in [5, 5.41) is 5.08. The lowest BCUT2D eigenvalue weighted by Crippen LogP contribution is -2.54. The highest BCUT2D eigenvalue weighted by molar-refractivity contribution is 7.11. The Balaban J connectivity index is 1.45. The van der Waals surface area contributed by atoms with E-state index in [1.54, 1.807) is 0 Å². The van der Waals surface area contributed by atoms with Crippen LogP contribution in [0, 0.1) is 37.0 Å². The highest BCUT2D eigenvalue weighted by Crippen LogP contribution is 2.61. The van der Waals surface area contributed by atoms with Crippen molar-refractivity contribution in [2.75, 3.05) is 0 Å². The first-order chi connectivity index (χ1) is 10.0. The minimum Gasteiger partial charge on any atom is -0.309 e. The molecule has 0 radical (unpaired) electrons. The number of hydrogen-bond acceptors (Lipinski definition) is 3. The lowest BCUT2D eigenvalue weighted by molar-refractivity contribution is -0.0706. The molecule has 4 saturated carbocycles. The van der Waals surface area contributed by atoms with Crippen LogP contribution in [-0.2, 0) is 6.54 Å². The average molecular weight is 305 g/mol. The quantitative estimate of drug-likeness (QED) is 0.888. The zero-order valence-electron chi connectivity index (χ0n) is 13.6. The van der Waals surface area contributed by atoms with Crippen LogP contribution in [0.3, 0.4) is 0 Å². The average Bonchev–Trinajstić information content (AvgIpc) is 2.72. The first-order valence-electron chi connectivity index (χ1n) is 8.70. The van der Waals surface area contributed by atoms with E-state index in [1.165, 1.54) is 54.1 Å². The Morgan fingerprint density at radius 1 is 1.14 bits per heavy atom. The summed E-state index contributed by atoms with van der Waals surface area (Å²) in [5.74, 6) is 3.15. The van der Waals surface area contributed by atoms with Gasteiger partial charge >= 0.3 is 0 Å². The van der Waals surface area contributed by atoms with Gasteiger partial charge in [-0.3, -0.25) is 0 Å². The predicted molar refractivity (Wildman–Crippen MR) is 88.5 cm³/mol. The minimum absolute atomic E-state index is 0.613. The normalized spacial score (nSPS) is 38.9. The van der Waals surface area contributed by atoms with Crippen LogP contribution < -0.4 is 5.32 Å². The number of rotatable bonds is 4. The van der Waals surface area contributed by atoms with Crippen molar-refractivity contribution < 1.29 is 0 Å². The lowest BCUT2D eigenvalue weighted by atomic mass is 9.48. The van der Waals surface area contributed by atoms with Crippen LogP contribution in [0.2, 0.25) is 0 Å². The van der Waals surface area contributed by atoms with Crippen LogP contribution in [0.5, 0.6) is 0 Å². The number of nitrogens with one attached hydrogen (secondary N) is 1. The second kappa shape index (κ2) is 5.06. The molecule has 1 aromatic heterocycles. The van der Waals surface area contributed by atoms with Crippen LogP contribution in [0.25, 0.3) is 0 Å². The molecule has 1 N–H and O–H groups in total. The summed E-state index contributed by atoms with van der Waals surface area (Å²) in [7, 11) is 0. The molecular formula is C18H28N2S. The standard InChI is InChI=1S/C18H28N2S/c1-11-17(21-13(3)20-11)10-19-12(2)18-7-14-4-15(8-18)6-16(5-14)9-18/h12,14-16,19H,4-10H2,1-3H3. The maximum atomic E-state index is 4.56. The number of nitrogens with zero attached hydrogens (tertiary/aromatic N) is 1. The molecule has 116 valence electrons. The molecule has 0 aromatic carbocycles. The maximum Gasteiger partial charge on any atom is 0.0900 e. The molecule has 0 spiro atoms. The van der Waals surface area contributed by atoms with E-state index in [-0.39, 0.29) is 0 Å². The van der Waals surface area contributed by atoms with Crippen molar-refractivity contribution in [1.29, 1.82) is 0 Å². The van der Waals surface area contributed by atoms with Gasteiger partial charge in [0.25, 0.3) is 0 Å². The van der Waals surface area contributed by atoms with Gasteiger partial charge in [-0.2, -0.15) is 0 Å². The molecule has 4 bridgehead atoms. The molecule has 4 aliphatic carbocycles. The molecule has 5 rings (SSSR count). The van der Waals surface area contributed by atoms with Crippen molar-refractivity contribution in [3.63, 3.8) is 0 Å². The van der Waals surface area contributed by atoms with Crippen molar-refractivity contribution in [1.82, 2.24) is 10.3 Å². The Morgan fingerprint density at radius 3 is 2.19 bits per heavy atom. The number of hydrogen-bond donors (Lipinski definition) is 1. The van der Waals surface area contributed by atoms with Crippen molar-refractivity contribution in [2.24, 2.45) is 23.2 Å². The lowest BCUT2D eigenvalue weighted by Gasteiger charge is -2.59. The molecule has 3 heteroatoms. The van der Waals surface area contributed by atoms with E-state index in [0.29, 0.717) is 11.5 Å². The summed E-state index contributed by atoms with van der Waals surface area (Å²) in [4.78, 5) is 5.99. The van der Waals surface area contributed by atoms with Crippen LogP contribution in [-0.4, -0.2) is 11.0 Å². The summed E-state index contributed by atoms with van der Waals surface area (Å²) in [6, 6.07) is 0.660. The Bertz CT molecular complexity index is 498. The molecule has 21 heavy (non-hydrogen) atoms. The van der Waals surface area contributed by atoms with Gasteiger partial charge in [-0.1, -0.05) is 0 Å². The van der Waals surface area contributed by atoms with Crippen LogP contribution in [0.1, 0.15) is 61.0 Å². The summed E-state index contributed by atoms with van der Waals surface area (Å²) in [6.45, 7) is 7.73. The van der Waals surface area contributed by atoms with E-state index < -0.39 is 0 Å². The van der Waals surface area contributed by atoms with Crippen molar-refractivity contribution >= 4 is 11.3 Å². The van der Waals surface area contributed by atoms with Crippen LogP contribution >= 0.6 is 11.3 Å². The molecule has 4 aliphatic rings. The number of aryl methyl sites for hydroxylation is 2. The molecule has 1 unspecified atom stereocenters. The highest BCUT2D eigenvalue weighted by Gasteiger charge is 2.52. The molecule has 4 fully saturated rings. The summed E-state index contributed by atoms with van der Waals surface area (Å²) in [5.41, 5.74) is 1.84. The molecular weight excluding hydrogens is 276 g/mol. The fourth-order valence-electron chi connectivity index (χ4n) is 5.91.